The van der Waals surface area contributed by atoms with Gasteiger partial charge < -0.3 is 4.90 Å². The van der Waals surface area contributed by atoms with Gasteiger partial charge in [-0.1, -0.05) is 13.8 Å². The van der Waals surface area contributed by atoms with Gasteiger partial charge in [-0.15, -0.1) is 11.6 Å². The van der Waals surface area contributed by atoms with E-state index in [0.717, 1.165) is 0 Å². The lowest BCUT2D eigenvalue weighted by Crippen LogP contribution is -2.42. The lowest BCUT2D eigenvalue weighted by Gasteiger charge is -2.24. The fourth-order valence-corrected chi connectivity index (χ4v) is 3.42. The van der Waals surface area contributed by atoms with Gasteiger partial charge in [-0.05, 0) is 12.3 Å². The Hall–Kier alpha value is -0.330. The van der Waals surface area contributed by atoms with Gasteiger partial charge in [0.1, 0.15) is 0 Å². The maximum atomic E-state index is 12.1. The number of nitrogens with zero attached hydrogens (tertiary/aromatic N) is 2. The Morgan fingerprint density at radius 3 is 2.28 bits per heavy atom. The highest BCUT2D eigenvalue weighted by molar-refractivity contribution is 7.89. The van der Waals surface area contributed by atoms with Crippen LogP contribution in [0.2, 0.25) is 0 Å². The largest absolute Gasteiger partial charge is 0.348 e. The van der Waals surface area contributed by atoms with E-state index in [1.165, 1.54) is 9.21 Å². The van der Waals surface area contributed by atoms with Crippen LogP contribution in [-0.4, -0.2) is 62.3 Å². The molecular weight excluding hydrogens is 276 g/mol. The molecule has 0 radical (unpaired) electrons. The van der Waals surface area contributed by atoms with E-state index < -0.39 is 10.0 Å². The summed E-state index contributed by atoms with van der Waals surface area (Å²) in [6, 6.07) is 0. The number of halogens is 1. The predicted octanol–water partition coefficient (Wildman–Crippen LogP) is 0.991. The molecule has 0 saturated carbocycles. The second kappa shape index (κ2) is 7.96. The van der Waals surface area contributed by atoms with Crippen molar-refractivity contribution in [2.24, 2.45) is 5.92 Å². The third-order valence-corrected chi connectivity index (χ3v) is 5.05. The Labute approximate surface area is 115 Å². The summed E-state index contributed by atoms with van der Waals surface area (Å²) < 4.78 is 25.5. The van der Waals surface area contributed by atoms with Gasteiger partial charge in [-0.3, -0.25) is 4.79 Å². The Kier molecular flexibility index (Phi) is 7.82. The number of carbonyl (C=O) groups excluding carboxylic acids is 1. The Morgan fingerprint density at radius 1 is 1.33 bits per heavy atom. The number of amides is 1. The van der Waals surface area contributed by atoms with Crippen molar-refractivity contribution in [2.45, 2.75) is 20.3 Å². The van der Waals surface area contributed by atoms with Crippen LogP contribution in [0.15, 0.2) is 0 Å². The maximum Gasteiger partial charge on any atom is 0.237 e. The highest BCUT2D eigenvalue weighted by atomic mass is 35.5. The summed E-state index contributed by atoms with van der Waals surface area (Å²) in [6.45, 7) is 3.92. The maximum absolute atomic E-state index is 12.1. The highest BCUT2D eigenvalue weighted by Crippen LogP contribution is 2.10. The van der Waals surface area contributed by atoms with Crippen LogP contribution < -0.4 is 0 Å². The number of alkyl halides is 1. The molecule has 0 N–H and O–H groups in total. The van der Waals surface area contributed by atoms with Crippen LogP contribution in [0, 0.1) is 5.92 Å². The summed E-state index contributed by atoms with van der Waals surface area (Å²) >= 11 is 5.64. The van der Waals surface area contributed by atoms with Crippen molar-refractivity contribution in [1.29, 1.82) is 0 Å². The van der Waals surface area contributed by atoms with E-state index in [1.54, 1.807) is 21.0 Å². The number of sulfonamides is 1. The molecule has 0 heterocycles. The molecule has 0 aliphatic rings. The topological polar surface area (TPSA) is 57.7 Å². The van der Waals surface area contributed by atoms with Crippen LogP contribution in [0.4, 0.5) is 0 Å². The zero-order valence-electron chi connectivity index (χ0n) is 11.5. The fraction of sp³-hybridized carbons (Fsp3) is 0.909. The van der Waals surface area contributed by atoms with Crippen molar-refractivity contribution in [3.63, 3.8) is 0 Å². The van der Waals surface area contributed by atoms with E-state index in [-0.39, 0.29) is 24.1 Å². The molecule has 0 spiro atoms. The predicted molar refractivity (Wildman–Crippen MR) is 74.2 cm³/mol. The molecule has 0 aromatic heterocycles. The van der Waals surface area contributed by atoms with Crippen LogP contribution >= 0.6 is 11.6 Å². The first-order chi connectivity index (χ1) is 8.24. The lowest BCUT2D eigenvalue weighted by atomic mass is 10.3. The quantitative estimate of drug-likeness (QED) is 0.628. The normalized spacial score (nSPS) is 13.7. The number of likely N-dealkylation sites (N-methyl/N-ethyl adjacent to an activating group) is 1. The second-order valence-electron chi connectivity index (χ2n) is 4.66. The lowest BCUT2D eigenvalue weighted by molar-refractivity contribution is -0.128. The number of hydrogen-bond acceptors (Lipinski definition) is 3. The summed E-state index contributed by atoms with van der Waals surface area (Å²) in [5.41, 5.74) is 0. The molecule has 1 amide bonds. The van der Waals surface area contributed by atoms with Gasteiger partial charge in [0.15, 0.2) is 0 Å². The van der Waals surface area contributed by atoms with E-state index in [0.29, 0.717) is 18.8 Å². The number of hydrogen-bond donors (Lipinski definition) is 0. The van der Waals surface area contributed by atoms with Crippen molar-refractivity contribution in [2.75, 3.05) is 38.8 Å². The average Bonchev–Trinajstić information content (AvgIpc) is 2.27. The molecule has 0 bridgehead atoms. The van der Waals surface area contributed by atoms with E-state index >= 15 is 0 Å². The summed E-state index contributed by atoms with van der Waals surface area (Å²) in [4.78, 5) is 13.0. The van der Waals surface area contributed by atoms with Crippen LogP contribution in [0.5, 0.6) is 0 Å². The van der Waals surface area contributed by atoms with Crippen LogP contribution in [0.3, 0.4) is 0 Å². The zero-order chi connectivity index (χ0) is 14.3. The van der Waals surface area contributed by atoms with Gasteiger partial charge in [-0.25, -0.2) is 8.42 Å². The summed E-state index contributed by atoms with van der Waals surface area (Å²) in [7, 11) is -0.200. The monoisotopic (exact) mass is 298 g/mol. The first kappa shape index (κ1) is 17.7. The van der Waals surface area contributed by atoms with Crippen molar-refractivity contribution in [3.8, 4) is 0 Å². The third-order valence-electron chi connectivity index (χ3n) is 2.44. The Morgan fingerprint density at radius 2 is 1.89 bits per heavy atom. The van der Waals surface area contributed by atoms with Gasteiger partial charge in [0.05, 0.1) is 12.3 Å². The van der Waals surface area contributed by atoms with Gasteiger partial charge in [-0.2, -0.15) is 4.31 Å². The highest BCUT2D eigenvalue weighted by Gasteiger charge is 2.26. The van der Waals surface area contributed by atoms with Crippen molar-refractivity contribution >= 4 is 27.5 Å². The van der Waals surface area contributed by atoms with E-state index in [2.05, 4.69) is 0 Å². The molecular formula is C11H23ClN2O3S. The van der Waals surface area contributed by atoms with Crippen molar-refractivity contribution in [3.05, 3.63) is 0 Å². The summed E-state index contributed by atoms with van der Waals surface area (Å²) in [5, 5.41) is 0. The first-order valence-electron chi connectivity index (χ1n) is 5.98. The second-order valence-corrected chi connectivity index (χ2v) is 6.98. The standard InChI is InChI=1S/C11H23ClN2O3S/c1-5-6-14(8-11(15)13(3)4)18(16,17)9-10(2)7-12/h10H,5-9H2,1-4H3. The van der Waals surface area contributed by atoms with Crippen molar-refractivity contribution in [1.82, 2.24) is 9.21 Å². The molecule has 0 aliphatic carbocycles. The Bertz CT molecular complexity index is 357. The molecule has 0 aromatic carbocycles. The van der Waals surface area contributed by atoms with Crippen LogP contribution in [0.25, 0.3) is 0 Å². The molecule has 7 heteroatoms. The average molecular weight is 299 g/mol. The molecule has 5 nitrogen and oxygen atoms in total. The molecule has 1 atom stereocenters. The molecule has 18 heavy (non-hydrogen) atoms. The number of rotatable bonds is 8. The molecule has 0 aliphatic heterocycles. The van der Waals surface area contributed by atoms with Crippen LogP contribution in [0.1, 0.15) is 20.3 Å². The zero-order valence-corrected chi connectivity index (χ0v) is 13.1. The van der Waals surface area contributed by atoms with Gasteiger partial charge in [0.25, 0.3) is 0 Å². The van der Waals surface area contributed by atoms with Crippen molar-refractivity contribution < 1.29 is 13.2 Å². The summed E-state index contributed by atoms with van der Waals surface area (Å²) in [6.07, 6.45) is 0.676. The minimum atomic E-state index is -3.42. The van der Waals surface area contributed by atoms with E-state index in [1.807, 2.05) is 6.92 Å². The minimum Gasteiger partial charge on any atom is -0.348 e. The van der Waals surface area contributed by atoms with Crippen LogP contribution in [-0.2, 0) is 14.8 Å². The summed E-state index contributed by atoms with van der Waals surface area (Å²) in [5.74, 6) is -0.0612. The molecule has 108 valence electrons. The number of carbonyl (C=O) groups is 1. The molecule has 0 saturated heterocycles. The minimum absolute atomic E-state index is 0.0167. The van der Waals surface area contributed by atoms with E-state index in [4.69, 9.17) is 11.6 Å². The molecule has 0 fully saturated rings. The fourth-order valence-electron chi connectivity index (χ4n) is 1.37. The molecule has 0 rings (SSSR count). The first-order valence-corrected chi connectivity index (χ1v) is 8.12. The third kappa shape index (κ3) is 6.02. The molecule has 1 unspecified atom stereocenters. The Balaban J connectivity index is 4.82. The van der Waals surface area contributed by atoms with E-state index in [9.17, 15) is 13.2 Å². The SMILES string of the molecule is CCCN(CC(=O)N(C)C)S(=O)(=O)CC(C)CCl. The molecule has 0 aromatic rings. The van der Waals surface area contributed by atoms with Gasteiger partial charge in [0.2, 0.25) is 15.9 Å². The smallest absolute Gasteiger partial charge is 0.237 e. The van der Waals surface area contributed by atoms with Gasteiger partial charge in [0, 0.05) is 26.5 Å². The van der Waals surface area contributed by atoms with Gasteiger partial charge >= 0.3 is 0 Å².